The highest BCUT2D eigenvalue weighted by Crippen LogP contribution is 2.13. The average molecular weight is 196 g/mol. The van der Waals surface area contributed by atoms with E-state index in [4.69, 9.17) is 0 Å². The van der Waals surface area contributed by atoms with Gasteiger partial charge in [0.2, 0.25) is 5.54 Å². The lowest BCUT2D eigenvalue weighted by atomic mass is 10.0. The van der Waals surface area contributed by atoms with Crippen LogP contribution < -0.4 is 0 Å². The van der Waals surface area contributed by atoms with Crippen molar-refractivity contribution in [1.29, 1.82) is 0 Å². The van der Waals surface area contributed by atoms with E-state index in [1.165, 1.54) is 0 Å². The zero-order valence-electron chi connectivity index (χ0n) is 5.56. The first-order chi connectivity index (χ1) is 4.00. The van der Waals surface area contributed by atoms with Crippen LogP contribution >= 0.6 is 15.9 Å². The van der Waals surface area contributed by atoms with E-state index in [0.29, 0.717) is 11.8 Å². The Morgan fingerprint density at radius 1 is 1.67 bits per heavy atom. The normalized spacial score (nSPS) is 11.4. The molecule has 0 rings (SSSR count). The number of alkyl halides is 1. The third-order valence-electron chi connectivity index (χ3n) is 1.20. The van der Waals surface area contributed by atoms with Gasteiger partial charge in [-0.05, 0) is 0 Å². The van der Waals surface area contributed by atoms with Crippen molar-refractivity contribution in [3.63, 3.8) is 0 Å². The molecule has 0 aliphatic carbocycles. The van der Waals surface area contributed by atoms with E-state index in [0.717, 1.165) is 0 Å². The SMILES string of the molecule is CC(C)(CCBr)[N+](=O)[O-]. The van der Waals surface area contributed by atoms with Gasteiger partial charge in [0.05, 0.1) is 0 Å². The second-order valence-electron chi connectivity index (χ2n) is 2.51. The van der Waals surface area contributed by atoms with Crippen LogP contribution in [0.2, 0.25) is 0 Å². The largest absolute Gasteiger partial charge is 0.264 e. The van der Waals surface area contributed by atoms with Crippen molar-refractivity contribution < 1.29 is 4.92 Å². The summed E-state index contributed by atoms with van der Waals surface area (Å²) in [5.41, 5.74) is -0.774. The Morgan fingerprint density at radius 2 is 2.11 bits per heavy atom. The molecule has 0 aliphatic heterocycles. The van der Waals surface area contributed by atoms with E-state index >= 15 is 0 Å². The third kappa shape index (κ3) is 2.79. The van der Waals surface area contributed by atoms with Gasteiger partial charge in [-0.3, -0.25) is 10.1 Å². The van der Waals surface area contributed by atoms with Crippen LogP contribution in [0.5, 0.6) is 0 Å². The van der Waals surface area contributed by atoms with Gasteiger partial charge in [-0.2, -0.15) is 0 Å². The summed E-state index contributed by atoms with van der Waals surface area (Å²) in [5, 5.41) is 10.9. The Hall–Kier alpha value is -0.120. The highest BCUT2D eigenvalue weighted by molar-refractivity contribution is 9.09. The average Bonchev–Trinajstić information content (AvgIpc) is 1.65. The monoisotopic (exact) mass is 195 g/mol. The van der Waals surface area contributed by atoms with Crippen molar-refractivity contribution in [2.75, 3.05) is 5.33 Å². The highest BCUT2D eigenvalue weighted by atomic mass is 79.9. The van der Waals surface area contributed by atoms with Crippen LogP contribution in [-0.2, 0) is 0 Å². The molecule has 0 saturated heterocycles. The second-order valence-corrected chi connectivity index (χ2v) is 3.30. The second kappa shape index (κ2) is 3.15. The fraction of sp³-hybridized carbons (Fsp3) is 1.00. The van der Waals surface area contributed by atoms with Gasteiger partial charge >= 0.3 is 0 Å². The van der Waals surface area contributed by atoms with Crippen molar-refractivity contribution in [3.8, 4) is 0 Å². The molecule has 0 unspecified atom stereocenters. The molecule has 0 aromatic heterocycles. The predicted octanol–water partition coefficient (Wildman–Crippen LogP) is 1.83. The van der Waals surface area contributed by atoms with Gasteiger partial charge in [0, 0.05) is 30.5 Å². The number of halogens is 1. The van der Waals surface area contributed by atoms with E-state index in [1.807, 2.05) is 0 Å². The van der Waals surface area contributed by atoms with Gasteiger partial charge in [0.1, 0.15) is 0 Å². The lowest BCUT2D eigenvalue weighted by Crippen LogP contribution is -2.30. The molecule has 0 heterocycles. The molecule has 0 spiro atoms. The van der Waals surface area contributed by atoms with Crippen LogP contribution in [0.1, 0.15) is 20.3 Å². The Labute approximate surface area is 62.7 Å². The first kappa shape index (κ1) is 8.88. The molecule has 3 nitrogen and oxygen atoms in total. The quantitative estimate of drug-likeness (QED) is 0.392. The fourth-order valence-electron chi connectivity index (χ4n) is 0.323. The Morgan fingerprint density at radius 3 is 2.22 bits per heavy atom. The maximum atomic E-state index is 10.2. The van der Waals surface area contributed by atoms with Crippen LogP contribution in [-0.4, -0.2) is 15.8 Å². The molecule has 54 valence electrons. The van der Waals surface area contributed by atoms with E-state index in [1.54, 1.807) is 13.8 Å². The van der Waals surface area contributed by atoms with Gasteiger partial charge in [-0.25, -0.2) is 0 Å². The minimum Gasteiger partial charge on any atom is -0.264 e. The molecular weight excluding hydrogens is 186 g/mol. The van der Waals surface area contributed by atoms with Gasteiger partial charge < -0.3 is 0 Å². The minimum atomic E-state index is -0.774. The lowest BCUT2D eigenvalue weighted by molar-refractivity contribution is -0.560. The summed E-state index contributed by atoms with van der Waals surface area (Å²) in [7, 11) is 0. The smallest absolute Gasteiger partial charge is 0.217 e. The topological polar surface area (TPSA) is 43.1 Å². The molecule has 0 fully saturated rings. The predicted molar refractivity (Wildman–Crippen MR) is 39.5 cm³/mol. The molecule has 0 amide bonds. The number of nitro groups is 1. The number of nitrogens with zero attached hydrogens (tertiary/aromatic N) is 1. The van der Waals surface area contributed by atoms with Crippen molar-refractivity contribution in [2.45, 2.75) is 25.8 Å². The molecular formula is C5H10BrNO2. The summed E-state index contributed by atoms with van der Waals surface area (Å²) < 4.78 is 0. The minimum absolute atomic E-state index is 0.256. The lowest BCUT2D eigenvalue weighted by Gasteiger charge is -2.12. The Bertz CT molecular complexity index is 114. The van der Waals surface area contributed by atoms with Crippen molar-refractivity contribution in [2.24, 2.45) is 0 Å². The molecule has 0 bridgehead atoms. The fourth-order valence-corrected chi connectivity index (χ4v) is 1.29. The van der Waals surface area contributed by atoms with E-state index in [-0.39, 0.29) is 4.92 Å². The number of rotatable bonds is 3. The maximum absolute atomic E-state index is 10.2. The standard InChI is InChI=1S/C5H10BrNO2/c1-5(2,3-4-6)7(8)9/h3-4H2,1-2H3. The van der Waals surface area contributed by atoms with Gasteiger partial charge in [0.15, 0.2) is 0 Å². The van der Waals surface area contributed by atoms with E-state index in [9.17, 15) is 10.1 Å². The molecule has 9 heavy (non-hydrogen) atoms. The molecule has 4 heteroatoms. The molecule has 0 aromatic rings. The number of hydrogen-bond donors (Lipinski definition) is 0. The van der Waals surface area contributed by atoms with Gasteiger partial charge in [0.25, 0.3) is 0 Å². The van der Waals surface area contributed by atoms with Crippen molar-refractivity contribution in [1.82, 2.24) is 0 Å². The highest BCUT2D eigenvalue weighted by Gasteiger charge is 2.28. The van der Waals surface area contributed by atoms with Crippen LogP contribution in [0.4, 0.5) is 0 Å². The van der Waals surface area contributed by atoms with Crippen LogP contribution in [0.25, 0.3) is 0 Å². The molecule has 0 N–H and O–H groups in total. The zero-order chi connectivity index (χ0) is 7.49. The maximum Gasteiger partial charge on any atom is 0.217 e. The summed E-state index contributed by atoms with van der Waals surface area (Å²) in [5.74, 6) is 0. The van der Waals surface area contributed by atoms with Crippen LogP contribution in [0, 0.1) is 10.1 Å². The molecule has 0 radical (unpaired) electrons. The van der Waals surface area contributed by atoms with Crippen molar-refractivity contribution in [3.05, 3.63) is 10.1 Å². The third-order valence-corrected chi connectivity index (χ3v) is 1.60. The van der Waals surface area contributed by atoms with Crippen LogP contribution in [0.3, 0.4) is 0 Å². The first-order valence-corrected chi connectivity index (χ1v) is 3.83. The molecule has 0 aliphatic rings. The molecule has 0 saturated carbocycles. The van der Waals surface area contributed by atoms with E-state index in [2.05, 4.69) is 15.9 Å². The van der Waals surface area contributed by atoms with Gasteiger partial charge in [-0.15, -0.1) is 0 Å². The molecule has 0 atom stereocenters. The summed E-state index contributed by atoms with van der Waals surface area (Å²) >= 11 is 3.15. The molecule has 0 aromatic carbocycles. The summed E-state index contributed by atoms with van der Waals surface area (Å²) in [6.45, 7) is 3.24. The van der Waals surface area contributed by atoms with Crippen molar-refractivity contribution >= 4 is 15.9 Å². The van der Waals surface area contributed by atoms with Gasteiger partial charge in [-0.1, -0.05) is 15.9 Å². The summed E-state index contributed by atoms with van der Waals surface area (Å²) in [6, 6.07) is 0. The number of hydrogen-bond acceptors (Lipinski definition) is 2. The van der Waals surface area contributed by atoms with Crippen LogP contribution in [0.15, 0.2) is 0 Å². The Kier molecular flexibility index (Phi) is 3.11. The van der Waals surface area contributed by atoms with E-state index < -0.39 is 5.54 Å². The zero-order valence-corrected chi connectivity index (χ0v) is 7.14. The first-order valence-electron chi connectivity index (χ1n) is 2.71. The summed E-state index contributed by atoms with van der Waals surface area (Å²) in [6.07, 6.45) is 0.569. The summed E-state index contributed by atoms with van der Waals surface area (Å²) in [4.78, 5) is 9.94. The Balaban J connectivity index is 3.85.